The molecule has 1 aliphatic carbocycles. The Bertz CT molecular complexity index is 696. The first-order chi connectivity index (χ1) is 11.7. The van der Waals surface area contributed by atoms with E-state index in [-0.39, 0.29) is 17.6 Å². The van der Waals surface area contributed by atoms with Crippen LogP contribution in [0.4, 0.5) is 0 Å². The van der Waals surface area contributed by atoms with Gasteiger partial charge in [-0.15, -0.1) is 0 Å². The van der Waals surface area contributed by atoms with Crippen molar-refractivity contribution in [3.05, 3.63) is 41.7 Å². The Kier molecular flexibility index (Phi) is 5.32. The molecule has 1 saturated carbocycles. The highest BCUT2D eigenvalue weighted by Gasteiger charge is 2.21. The first kappa shape index (κ1) is 16.7. The van der Waals surface area contributed by atoms with Crippen molar-refractivity contribution in [2.24, 2.45) is 0 Å². The van der Waals surface area contributed by atoms with Crippen LogP contribution in [0, 0.1) is 0 Å². The molecule has 0 atom stereocenters. The van der Waals surface area contributed by atoms with Crippen molar-refractivity contribution >= 4 is 18.9 Å². The first-order valence-corrected chi connectivity index (χ1v) is 8.30. The Morgan fingerprint density at radius 1 is 1.25 bits per heavy atom. The second-order valence-corrected chi connectivity index (χ2v) is 6.10. The topological polar surface area (TPSA) is 84.6 Å². The molecule has 1 heterocycles. The van der Waals surface area contributed by atoms with Crippen LogP contribution < -0.4 is 10.2 Å². The van der Waals surface area contributed by atoms with E-state index in [1.54, 1.807) is 18.3 Å². The third-order valence-electron chi connectivity index (χ3n) is 4.54. The molecule has 0 bridgehead atoms. The molecular formula is C17H21BN2O4. The van der Waals surface area contributed by atoms with E-state index < -0.39 is 7.12 Å². The molecule has 0 saturated heterocycles. The fourth-order valence-corrected chi connectivity index (χ4v) is 3.30. The fourth-order valence-electron chi connectivity index (χ4n) is 3.30. The zero-order valence-corrected chi connectivity index (χ0v) is 13.5. The van der Waals surface area contributed by atoms with Crippen molar-refractivity contribution in [3.8, 4) is 5.75 Å². The number of hydrogen-bond donors (Lipinski definition) is 2. The summed E-state index contributed by atoms with van der Waals surface area (Å²) in [7, 11) is -1.71. The number of ether oxygens (including phenoxy) is 1. The highest BCUT2D eigenvalue weighted by Crippen LogP contribution is 2.29. The molecule has 3 rings (SSSR count). The van der Waals surface area contributed by atoms with Gasteiger partial charge in [-0.25, -0.2) is 0 Å². The molecule has 1 aliphatic rings. The van der Waals surface area contributed by atoms with E-state index >= 15 is 0 Å². The van der Waals surface area contributed by atoms with E-state index in [2.05, 4.69) is 5.10 Å². The second-order valence-electron chi connectivity index (χ2n) is 6.10. The molecule has 6 nitrogen and oxygen atoms in total. The maximum atomic E-state index is 11.3. The Labute approximate surface area is 141 Å². The van der Waals surface area contributed by atoms with Crippen molar-refractivity contribution in [2.45, 2.75) is 44.8 Å². The molecule has 2 N–H and O–H groups in total. The van der Waals surface area contributed by atoms with E-state index in [1.807, 2.05) is 10.7 Å². The van der Waals surface area contributed by atoms with Crippen LogP contribution in [0.15, 0.2) is 30.5 Å². The number of carbonyl (C=O) groups excluding carboxylic acids is 1. The van der Waals surface area contributed by atoms with Gasteiger partial charge in [-0.1, -0.05) is 31.4 Å². The molecule has 0 radical (unpaired) electrons. The number of aromatic nitrogens is 2. The zero-order chi connectivity index (χ0) is 16.9. The molecule has 1 fully saturated rings. The summed E-state index contributed by atoms with van der Waals surface area (Å²) in [6.07, 6.45) is 8.32. The van der Waals surface area contributed by atoms with Gasteiger partial charge in [0.15, 0.2) is 6.29 Å². The highest BCUT2D eigenvalue weighted by atomic mass is 16.5. The molecule has 1 aromatic carbocycles. The molecule has 24 heavy (non-hydrogen) atoms. The minimum absolute atomic E-state index is 0.142. The van der Waals surface area contributed by atoms with Gasteiger partial charge in [0.2, 0.25) is 0 Å². The summed E-state index contributed by atoms with van der Waals surface area (Å²) in [5.41, 5.74) is 1.26. The number of nitrogens with zero attached hydrogens (tertiary/aromatic N) is 2. The van der Waals surface area contributed by atoms with Crippen molar-refractivity contribution in [1.29, 1.82) is 0 Å². The SMILES string of the molecule is O=Cc1c(OCc2ccnn2C2CCCCC2)cccc1B(O)O. The van der Waals surface area contributed by atoms with Crippen molar-refractivity contribution in [2.75, 3.05) is 0 Å². The van der Waals surface area contributed by atoms with Gasteiger partial charge in [-0.2, -0.15) is 5.10 Å². The summed E-state index contributed by atoms with van der Waals surface area (Å²) in [5.74, 6) is 0.340. The van der Waals surface area contributed by atoms with Crippen LogP contribution in [-0.4, -0.2) is 33.2 Å². The molecule has 0 spiro atoms. The summed E-state index contributed by atoms with van der Waals surface area (Å²) >= 11 is 0. The zero-order valence-electron chi connectivity index (χ0n) is 13.5. The van der Waals surface area contributed by atoms with Gasteiger partial charge in [-0.3, -0.25) is 9.48 Å². The standard InChI is InChI=1S/C17H21BN2O4/c21-11-15-16(18(22)23)7-4-8-17(15)24-12-14-9-10-19-20(14)13-5-2-1-3-6-13/h4,7-11,13,22-23H,1-3,5-6,12H2. The molecule has 0 unspecified atom stereocenters. The van der Waals surface area contributed by atoms with Crippen LogP contribution in [0.2, 0.25) is 0 Å². The summed E-state index contributed by atoms with van der Waals surface area (Å²) in [6.45, 7) is 0.280. The number of rotatable bonds is 6. The van der Waals surface area contributed by atoms with Crippen molar-refractivity contribution in [1.82, 2.24) is 9.78 Å². The Balaban J connectivity index is 1.76. The van der Waals surface area contributed by atoms with Crippen LogP contribution >= 0.6 is 0 Å². The maximum absolute atomic E-state index is 11.3. The van der Waals surface area contributed by atoms with E-state index in [1.165, 1.54) is 25.3 Å². The summed E-state index contributed by atoms with van der Waals surface area (Å²) < 4.78 is 7.80. The smallest absolute Gasteiger partial charge is 0.487 e. The Hall–Kier alpha value is -2.12. The third-order valence-corrected chi connectivity index (χ3v) is 4.54. The molecule has 0 aliphatic heterocycles. The van der Waals surface area contributed by atoms with Crippen LogP contribution in [-0.2, 0) is 6.61 Å². The lowest BCUT2D eigenvalue weighted by Crippen LogP contribution is -2.33. The van der Waals surface area contributed by atoms with Gasteiger partial charge < -0.3 is 14.8 Å². The first-order valence-electron chi connectivity index (χ1n) is 8.30. The van der Waals surface area contributed by atoms with E-state index in [0.29, 0.717) is 18.1 Å². The Morgan fingerprint density at radius 3 is 2.75 bits per heavy atom. The van der Waals surface area contributed by atoms with E-state index in [9.17, 15) is 14.8 Å². The van der Waals surface area contributed by atoms with Gasteiger partial charge in [0.25, 0.3) is 0 Å². The van der Waals surface area contributed by atoms with Crippen molar-refractivity contribution in [3.63, 3.8) is 0 Å². The van der Waals surface area contributed by atoms with Gasteiger partial charge in [0, 0.05) is 6.20 Å². The number of hydrogen-bond acceptors (Lipinski definition) is 5. The lowest BCUT2D eigenvalue weighted by atomic mass is 9.77. The molecular weight excluding hydrogens is 307 g/mol. The predicted molar refractivity (Wildman–Crippen MR) is 90.3 cm³/mol. The molecule has 126 valence electrons. The van der Waals surface area contributed by atoms with Crippen LogP contribution in [0.1, 0.15) is 54.2 Å². The fraction of sp³-hybridized carbons (Fsp3) is 0.412. The summed E-state index contributed by atoms with van der Waals surface area (Å²) in [6, 6.07) is 7.10. The van der Waals surface area contributed by atoms with Gasteiger partial charge in [0.05, 0.1) is 17.3 Å². The average molecular weight is 328 g/mol. The molecule has 1 aromatic heterocycles. The minimum Gasteiger partial charge on any atom is -0.487 e. The number of aldehydes is 1. The summed E-state index contributed by atoms with van der Waals surface area (Å²) in [5, 5.41) is 23.1. The predicted octanol–water partition coefficient (Wildman–Crippen LogP) is 1.46. The number of benzene rings is 1. The molecule has 7 heteroatoms. The Morgan fingerprint density at radius 2 is 2.04 bits per heavy atom. The van der Waals surface area contributed by atoms with Gasteiger partial charge >= 0.3 is 7.12 Å². The minimum atomic E-state index is -1.71. The van der Waals surface area contributed by atoms with Crippen LogP contribution in [0.3, 0.4) is 0 Å². The summed E-state index contributed by atoms with van der Waals surface area (Å²) in [4.78, 5) is 11.3. The van der Waals surface area contributed by atoms with Crippen molar-refractivity contribution < 1.29 is 19.6 Å². The van der Waals surface area contributed by atoms with Gasteiger partial charge in [0.1, 0.15) is 12.4 Å². The second kappa shape index (κ2) is 7.64. The van der Waals surface area contributed by atoms with E-state index in [4.69, 9.17) is 4.74 Å². The largest absolute Gasteiger partial charge is 0.489 e. The lowest BCUT2D eigenvalue weighted by molar-refractivity contribution is 0.111. The van der Waals surface area contributed by atoms with Crippen LogP contribution in [0.25, 0.3) is 0 Å². The van der Waals surface area contributed by atoms with Crippen LogP contribution in [0.5, 0.6) is 5.75 Å². The average Bonchev–Trinajstić information content (AvgIpc) is 3.08. The van der Waals surface area contributed by atoms with E-state index in [0.717, 1.165) is 18.5 Å². The molecule has 2 aromatic rings. The van der Waals surface area contributed by atoms with Gasteiger partial charge in [-0.05, 0) is 30.4 Å². The highest BCUT2D eigenvalue weighted by molar-refractivity contribution is 6.60. The normalized spacial score (nSPS) is 15.2. The monoisotopic (exact) mass is 328 g/mol. The lowest BCUT2D eigenvalue weighted by Gasteiger charge is -2.24. The maximum Gasteiger partial charge on any atom is 0.489 e. The number of carbonyl (C=O) groups is 1. The molecule has 0 amide bonds. The third kappa shape index (κ3) is 3.52. The quantitative estimate of drug-likeness (QED) is 0.619.